The van der Waals surface area contributed by atoms with Crippen molar-refractivity contribution in [2.24, 2.45) is 0 Å². The number of benzene rings is 2. The van der Waals surface area contributed by atoms with Crippen LogP contribution < -0.4 is 16.2 Å². The first-order valence-electron chi connectivity index (χ1n) is 10.1. The summed E-state index contributed by atoms with van der Waals surface area (Å²) in [5.74, 6) is -1.19. The number of carbonyl (C=O) groups is 2. The number of anilines is 2. The first-order chi connectivity index (χ1) is 16.2. The van der Waals surface area contributed by atoms with Crippen LogP contribution in [0.1, 0.15) is 39.2 Å². The van der Waals surface area contributed by atoms with Crippen molar-refractivity contribution in [2.45, 2.75) is 19.8 Å². The number of thiazole rings is 1. The minimum absolute atomic E-state index is 0.0392. The molecule has 7 nitrogen and oxygen atoms in total. The fraction of sp³-hybridized carbons (Fsp3) is 0.130. The van der Waals surface area contributed by atoms with Crippen LogP contribution in [0.4, 0.5) is 11.4 Å². The van der Waals surface area contributed by atoms with Gasteiger partial charge in [0, 0.05) is 36.8 Å². The van der Waals surface area contributed by atoms with Gasteiger partial charge in [0.25, 0.3) is 17.4 Å². The Balaban J connectivity index is 1.81. The number of fused-ring (bicyclic) bond motifs is 1. The van der Waals surface area contributed by atoms with E-state index in [4.69, 9.17) is 23.2 Å². The molecule has 0 aliphatic rings. The fourth-order valence-electron chi connectivity index (χ4n) is 3.30. The van der Waals surface area contributed by atoms with Gasteiger partial charge < -0.3 is 10.6 Å². The molecule has 0 radical (unpaired) electrons. The Labute approximate surface area is 222 Å². The molecule has 2 N–H and O–H groups in total. The number of carbonyl (C=O) groups excluding carboxylic acids is 2. The van der Waals surface area contributed by atoms with Crippen LogP contribution >= 0.6 is 57.1 Å². The third-order valence-electron chi connectivity index (χ3n) is 4.72. The van der Waals surface area contributed by atoms with Gasteiger partial charge in [0.1, 0.15) is 10.6 Å². The second-order valence-electron chi connectivity index (χ2n) is 7.31. The lowest BCUT2D eigenvalue weighted by Crippen LogP contribution is -2.25. The number of hydrogen-bond acceptors (Lipinski definition) is 5. The van der Waals surface area contributed by atoms with E-state index >= 15 is 0 Å². The van der Waals surface area contributed by atoms with Gasteiger partial charge in [0.05, 0.1) is 0 Å². The zero-order valence-corrected chi connectivity index (χ0v) is 22.2. The second-order valence-corrected chi connectivity index (χ2v) is 10.4. The number of rotatable bonds is 6. The molecule has 2 heterocycles. The Morgan fingerprint density at radius 1 is 1.00 bits per heavy atom. The number of amides is 2. The van der Waals surface area contributed by atoms with Crippen LogP contribution in [0.5, 0.6) is 0 Å². The summed E-state index contributed by atoms with van der Waals surface area (Å²) < 4.78 is 2.17. The molecule has 174 valence electrons. The van der Waals surface area contributed by atoms with E-state index in [9.17, 15) is 14.4 Å². The summed E-state index contributed by atoms with van der Waals surface area (Å²) in [6, 6.07) is 13.2. The maximum atomic E-state index is 13.3. The van der Waals surface area contributed by atoms with Crippen LogP contribution in [-0.4, -0.2) is 21.2 Å². The van der Waals surface area contributed by atoms with Gasteiger partial charge in [0.15, 0.2) is 4.96 Å². The molecule has 2 aromatic heterocycles. The highest BCUT2D eigenvalue weighted by Crippen LogP contribution is 2.27. The molecule has 0 unspecified atom stereocenters. The number of nitrogens with zero attached hydrogens (tertiary/aromatic N) is 2. The Morgan fingerprint density at radius 2 is 1.65 bits per heavy atom. The fourth-order valence-corrected chi connectivity index (χ4v) is 5.23. The molecule has 34 heavy (non-hydrogen) atoms. The summed E-state index contributed by atoms with van der Waals surface area (Å²) in [6.07, 6.45) is 1.41. The molecule has 0 atom stereocenters. The van der Waals surface area contributed by atoms with Gasteiger partial charge in [0.2, 0.25) is 0 Å². The van der Waals surface area contributed by atoms with E-state index in [1.54, 1.807) is 12.1 Å². The van der Waals surface area contributed by atoms with Gasteiger partial charge in [-0.3, -0.25) is 14.4 Å². The van der Waals surface area contributed by atoms with Gasteiger partial charge in [-0.25, -0.2) is 9.38 Å². The molecular weight excluding hydrogens is 610 g/mol. The molecule has 2 aromatic carbocycles. The van der Waals surface area contributed by atoms with Crippen molar-refractivity contribution in [3.63, 3.8) is 0 Å². The van der Waals surface area contributed by atoms with Crippen LogP contribution in [0.25, 0.3) is 4.96 Å². The van der Waals surface area contributed by atoms with Crippen LogP contribution in [-0.2, 0) is 6.42 Å². The first kappa shape index (κ1) is 24.6. The number of nitrogens with one attached hydrogen (secondary N) is 2. The van der Waals surface area contributed by atoms with Gasteiger partial charge in [-0.1, -0.05) is 47.9 Å². The van der Waals surface area contributed by atoms with Crippen LogP contribution in [0.3, 0.4) is 0 Å². The van der Waals surface area contributed by atoms with Crippen LogP contribution in [0.15, 0.2) is 53.3 Å². The van der Waals surface area contributed by atoms with Crippen molar-refractivity contribution in [3.05, 3.63) is 88.8 Å². The van der Waals surface area contributed by atoms with Crippen molar-refractivity contribution in [3.8, 4) is 0 Å². The van der Waals surface area contributed by atoms with Crippen LogP contribution in [0, 0.1) is 3.57 Å². The monoisotopic (exact) mass is 626 g/mol. The zero-order chi connectivity index (χ0) is 24.4. The molecule has 0 aliphatic heterocycles. The molecule has 0 aliphatic carbocycles. The number of aryl methyl sites for hydroxylation is 1. The standard InChI is InChI=1S/C23H17Cl2IN4O3S/c1-2-3-16-11-18(31)30-19(21(32)27-15-6-4-14(26)5-7-15)20(34-23(30)29-16)22(33)28-17-9-12(24)8-13(25)10-17/h4-11H,2-3H2,1H3,(H,27,32)(H,28,33). The lowest BCUT2D eigenvalue weighted by Gasteiger charge is -2.09. The summed E-state index contributed by atoms with van der Waals surface area (Å²) in [7, 11) is 0. The van der Waals surface area contributed by atoms with Crippen molar-refractivity contribution >= 4 is 85.3 Å². The molecule has 2 amide bonds. The molecule has 0 saturated heterocycles. The quantitative estimate of drug-likeness (QED) is 0.252. The Hall–Kier alpha value is -2.47. The summed E-state index contributed by atoms with van der Waals surface area (Å²) in [5, 5.41) is 6.16. The summed E-state index contributed by atoms with van der Waals surface area (Å²) >= 11 is 15.2. The van der Waals surface area contributed by atoms with Crippen molar-refractivity contribution in [1.82, 2.24) is 9.38 Å². The lowest BCUT2D eigenvalue weighted by atomic mass is 10.2. The second kappa shape index (κ2) is 10.4. The van der Waals surface area contributed by atoms with Gasteiger partial charge in [-0.15, -0.1) is 0 Å². The highest BCUT2D eigenvalue weighted by Gasteiger charge is 2.26. The largest absolute Gasteiger partial charge is 0.321 e. The van der Waals surface area contributed by atoms with Crippen molar-refractivity contribution < 1.29 is 9.59 Å². The van der Waals surface area contributed by atoms with E-state index < -0.39 is 17.4 Å². The molecule has 0 fully saturated rings. The first-order valence-corrected chi connectivity index (χ1v) is 12.8. The summed E-state index contributed by atoms with van der Waals surface area (Å²) in [4.78, 5) is 44.3. The minimum Gasteiger partial charge on any atom is -0.321 e. The topological polar surface area (TPSA) is 92.6 Å². The van der Waals surface area contributed by atoms with Crippen LogP contribution in [0.2, 0.25) is 10.0 Å². The molecule has 0 bridgehead atoms. The smallest absolute Gasteiger partial charge is 0.274 e. The Kier molecular flexibility index (Phi) is 7.56. The average molecular weight is 627 g/mol. The highest BCUT2D eigenvalue weighted by atomic mass is 127. The third kappa shape index (κ3) is 5.43. The highest BCUT2D eigenvalue weighted by molar-refractivity contribution is 14.1. The number of halogens is 3. The average Bonchev–Trinajstić information content (AvgIpc) is 3.15. The van der Waals surface area contributed by atoms with E-state index in [1.807, 2.05) is 19.1 Å². The minimum atomic E-state index is -0.603. The predicted octanol–water partition coefficient (Wildman–Crippen LogP) is 6.12. The molecule has 11 heteroatoms. The predicted molar refractivity (Wildman–Crippen MR) is 145 cm³/mol. The van der Waals surface area contributed by atoms with Gasteiger partial charge >= 0.3 is 0 Å². The Bertz CT molecular complexity index is 1450. The number of hydrogen-bond donors (Lipinski definition) is 2. The zero-order valence-electron chi connectivity index (χ0n) is 17.7. The van der Waals surface area contributed by atoms with Crippen molar-refractivity contribution in [2.75, 3.05) is 10.6 Å². The molecule has 0 spiro atoms. The number of aromatic nitrogens is 2. The lowest BCUT2D eigenvalue weighted by molar-refractivity contribution is 0.0989. The maximum Gasteiger partial charge on any atom is 0.274 e. The molecular formula is C23H17Cl2IN4O3S. The van der Waals surface area contributed by atoms with E-state index in [0.717, 1.165) is 21.3 Å². The third-order valence-corrected chi connectivity index (χ3v) is 6.92. The molecule has 4 aromatic rings. The van der Waals surface area contributed by atoms with Gasteiger partial charge in [-0.05, 0) is 71.5 Å². The van der Waals surface area contributed by atoms with E-state index in [2.05, 4.69) is 38.2 Å². The Morgan fingerprint density at radius 3 is 2.29 bits per heavy atom. The summed E-state index contributed by atoms with van der Waals surface area (Å²) in [6.45, 7) is 1.98. The van der Waals surface area contributed by atoms with E-state index in [0.29, 0.717) is 33.5 Å². The van der Waals surface area contributed by atoms with Gasteiger partial charge in [-0.2, -0.15) is 0 Å². The maximum absolute atomic E-state index is 13.3. The normalized spacial score (nSPS) is 10.9. The SMILES string of the molecule is CCCc1cc(=O)n2c(C(=O)Nc3ccc(I)cc3)c(C(=O)Nc3cc(Cl)cc(Cl)c3)sc2n1. The van der Waals surface area contributed by atoms with E-state index in [1.165, 1.54) is 28.7 Å². The van der Waals surface area contributed by atoms with E-state index in [-0.39, 0.29) is 15.5 Å². The molecule has 4 rings (SSSR count). The molecule has 0 saturated carbocycles. The summed E-state index contributed by atoms with van der Waals surface area (Å²) in [5.41, 5.74) is 0.969. The van der Waals surface area contributed by atoms with Crippen molar-refractivity contribution in [1.29, 1.82) is 0 Å².